The summed E-state index contributed by atoms with van der Waals surface area (Å²) < 4.78 is 0. The fraction of sp³-hybridized carbons (Fsp3) is 0.389. The van der Waals surface area contributed by atoms with Crippen molar-refractivity contribution in [3.63, 3.8) is 0 Å². The van der Waals surface area contributed by atoms with Crippen molar-refractivity contribution in [2.45, 2.75) is 38.3 Å². The van der Waals surface area contributed by atoms with E-state index < -0.39 is 0 Å². The highest BCUT2D eigenvalue weighted by Gasteiger charge is 2.27. The zero-order valence-electron chi connectivity index (χ0n) is 13.2. The Labute approximate surface area is 147 Å². The molecule has 1 aromatic carbocycles. The van der Waals surface area contributed by atoms with E-state index in [-0.39, 0.29) is 36.3 Å². The van der Waals surface area contributed by atoms with Crippen LogP contribution >= 0.6 is 23.7 Å². The molecule has 23 heavy (non-hydrogen) atoms. The number of nitrogens with one attached hydrogen (secondary N) is 1. The summed E-state index contributed by atoms with van der Waals surface area (Å²) in [5.74, 6) is -0.202. The van der Waals surface area contributed by atoms with Gasteiger partial charge in [0, 0.05) is 10.9 Å². The third-order valence-corrected chi connectivity index (χ3v) is 5.50. The summed E-state index contributed by atoms with van der Waals surface area (Å²) in [6.07, 6.45) is 3.29. The molecule has 1 heterocycles. The van der Waals surface area contributed by atoms with Crippen molar-refractivity contribution >= 4 is 29.7 Å². The summed E-state index contributed by atoms with van der Waals surface area (Å²) in [4.78, 5) is 14.0. The van der Waals surface area contributed by atoms with Gasteiger partial charge in [0.2, 0.25) is 5.91 Å². The Bertz CT molecular complexity index is 643. The molecule has 0 spiro atoms. The molecule has 0 saturated carbocycles. The number of carbonyl (C=O) groups is 1. The number of thiophene rings is 1. The minimum atomic E-state index is -0.272. The van der Waals surface area contributed by atoms with Gasteiger partial charge >= 0.3 is 0 Å². The van der Waals surface area contributed by atoms with Crippen LogP contribution in [0.15, 0.2) is 41.8 Å². The third-order valence-electron chi connectivity index (χ3n) is 4.51. The fourth-order valence-electron chi connectivity index (χ4n) is 3.07. The molecule has 5 heteroatoms. The van der Waals surface area contributed by atoms with Crippen LogP contribution in [0.25, 0.3) is 0 Å². The van der Waals surface area contributed by atoms with E-state index in [2.05, 4.69) is 16.8 Å². The number of halogens is 1. The highest BCUT2D eigenvalue weighted by Crippen LogP contribution is 2.33. The molecule has 3 nitrogen and oxygen atoms in total. The van der Waals surface area contributed by atoms with Crippen LogP contribution in [0.2, 0.25) is 0 Å². The lowest BCUT2D eigenvalue weighted by atomic mass is 9.91. The van der Waals surface area contributed by atoms with E-state index in [9.17, 15) is 4.79 Å². The minimum Gasteiger partial charge on any atom is -0.349 e. The monoisotopic (exact) mass is 350 g/mol. The van der Waals surface area contributed by atoms with E-state index >= 15 is 0 Å². The summed E-state index contributed by atoms with van der Waals surface area (Å²) >= 11 is 1.79. The zero-order valence-corrected chi connectivity index (χ0v) is 14.8. The van der Waals surface area contributed by atoms with Crippen LogP contribution in [-0.2, 0) is 11.2 Å². The first-order valence-corrected chi connectivity index (χ1v) is 8.72. The van der Waals surface area contributed by atoms with Crippen molar-refractivity contribution in [1.82, 2.24) is 5.32 Å². The van der Waals surface area contributed by atoms with Crippen molar-refractivity contribution in [2.24, 2.45) is 11.7 Å². The van der Waals surface area contributed by atoms with Crippen molar-refractivity contribution < 1.29 is 4.79 Å². The van der Waals surface area contributed by atoms with E-state index in [0.717, 1.165) is 24.8 Å². The Morgan fingerprint density at radius 2 is 2.04 bits per heavy atom. The number of fused-ring (bicyclic) bond motifs is 1. The SMILES string of the molecule is CC(C(=O)NC1CCCc2sccc21)C(N)c1ccccc1.Cl. The van der Waals surface area contributed by atoms with Crippen LogP contribution in [0.3, 0.4) is 0 Å². The summed E-state index contributed by atoms with van der Waals surface area (Å²) in [7, 11) is 0. The van der Waals surface area contributed by atoms with E-state index in [1.54, 1.807) is 11.3 Å². The molecule has 0 bridgehead atoms. The maximum absolute atomic E-state index is 12.6. The molecule has 1 aromatic heterocycles. The molecule has 3 atom stereocenters. The largest absolute Gasteiger partial charge is 0.349 e. The molecule has 0 fully saturated rings. The summed E-state index contributed by atoms with van der Waals surface area (Å²) in [5, 5.41) is 5.32. The molecule has 3 N–H and O–H groups in total. The number of hydrogen-bond acceptors (Lipinski definition) is 3. The van der Waals surface area contributed by atoms with Crippen LogP contribution in [0.4, 0.5) is 0 Å². The first kappa shape index (κ1) is 18.0. The second-order valence-electron chi connectivity index (χ2n) is 5.98. The van der Waals surface area contributed by atoms with Gasteiger partial charge in [0.25, 0.3) is 0 Å². The first-order valence-electron chi connectivity index (χ1n) is 7.84. The number of nitrogens with two attached hydrogens (primary N) is 1. The van der Waals surface area contributed by atoms with Crippen molar-refractivity contribution in [3.8, 4) is 0 Å². The Morgan fingerprint density at radius 1 is 1.30 bits per heavy atom. The molecule has 2 aromatic rings. The predicted octanol–water partition coefficient (Wildman–Crippen LogP) is 4.00. The van der Waals surface area contributed by atoms with Gasteiger partial charge < -0.3 is 11.1 Å². The summed E-state index contributed by atoms with van der Waals surface area (Å²) in [6, 6.07) is 11.8. The second kappa shape index (κ2) is 7.95. The number of rotatable bonds is 4. The normalized spacial score (nSPS) is 19.1. The minimum absolute atomic E-state index is 0. The highest BCUT2D eigenvalue weighted by atomic mass is 35.5. The van der Waals surface area contributed by atoms with Crippen LogP contribution in [0.1, 0.15) is 47.9 Å². The fourth-order valence-corrected chi connectivity index (χ4v) is 4.05. The zero-order chi connectivity index (χ0) is 15.5. The molecule has 0 radical (unpaired) electrons. The van der Waals surface area contributed by atoms with E-state index in [4.69, 9.17) is 5.73 Å². The molecule has 0 saturated heterocycles. The highest BCUT2D eigenvalue weighted by molar-refractivity contribution is 7.10. The van der Waals surface area contributed by atoms with Gasteiger partial charge in [-0.25, -0.2) is 0 Å². The van der Waals surface area contributed by atoms with Gasteiger partial charge in [-0.3, -0.25) is 4.79 Å². The smallest absolute Gasteiger partial charge is 0.225 e. The van der Waals surface area contributed by atoms with Crippen LogP contribution < -0.4 is 11.1 Å². The second-order valence-corrected chi connectivity index (χ2v) is 6.98. The maximum atomic E-state index is 12.6. The Morgan fingerprint density at radius 3 is 2.78 bits per heavy atom. The number of benzene rings is 1. The lowest BCUT2D eigenvalue weighted by Gasteiger charge is -2.27. The van der Waals surface area contributed by atoms with E-state index in [1.807, 2.05) is 37.3 Å². The molecule has 1 amide bonds. The Kier molecular flexibility index (Phi) is 6.22. The van der Waals surface area contributed by atoms with Crippen molar-refractivity contribution in [3.05, 3.63) is 57.8 Å². The molecule has 0 aliphatic heterocycles. The average Bonchev–Trinajstić information content (AvgIpc) is 3.04. The topological polar surface area (TPSA) is 55.1 Å². The average molecular weight is 351 g/mol. The Hall–Kier alpha value is -1.36. The molecule has 3 unspecified atom stereocenters. The number of hydrogen-bond donors (Lipinski definition) is 2. The predicted molar refractivity (Wildman–Crippen MR) is 97.9 cm³/mol. The van der Waals surface area contributed by atoms with Gasteiger partial charge in [-0.1, -0.05) is 37.3 Å². The van der Waals surface area contributed by atoms with Crippen LogP contribution in [0.5, 0.6) is 0 Å². The molecule has 1 aliphatic rings. The lowest BCUT2D eigenvalue weighted by molar-refractivity contribution is -0.126. The standard InChI is InChI=1S/C18H22N2OS.ClH/c1-12(17(19)13-6-3-2-4-7-13)18(21)20-15-8-5-9-16-14(15)10-11-22-16;/h2-4,6-7,10-12,15,17H,5,8-9,19H2,1H3,(H,20,21);1H. The maximum Gasteiger partial charge on any atom is 0.225 e. The van der Waals surface area contributed by atoms with Crippen LogP contribution in [0, 0.1) is 5.92 Å². The van der Waals surface area contributed by atoms with Crippen molar-refractivity contribution in [1.29, 1.82) is 0 Å². The van der Waals surface area contributed by atoms with Gasteiger partial charge in [0.15, 0.2) is 0 Å². The number of carbonyl (C=O) groups excluding carboxylic acids is 1. The summed E-state index contributed by atoms with van der Waals surface area (Å²) in [6.45, 7) is 1.91. The van der Waals surface area contributed by atoms with Crippen LogP contribution in [-0.4, -0.2) is 5.91 Å². The lowest BCUT2D eigenvalue weighted by Crippen LogP contribution is -2.38. The molecule has 1 aliphatic carbocycles. The van der Waals surface area contributed by atoms with Gasteiger partial charge in [0.05, 0.1) is 12.0 Å². The molecule has 124 valence electrons. The van der Waals surface area contributed by atoms with E-state index in [1.165, 1.54) is 10.4 Å². The number of aryl methyl sites for hydroxylation is 1. The Balaban J connectivity index is 0.00000192. The first-order chi connectivity index (χ1) is 10.7. The van der Waals surface area contributed by atoms with Crippen molar-refractivity contribution in [2.75, 3.05) is 0 Å². The molecular weight excluding hydrogens is 328 g/mol. The van der Waals surface area contributed by atoms with E-state index in [0.29, 0.717) is 0 Å². The van der Waals surface area contributed by atoms with Gasteiger partial charge in [-0.15, -0.1) is 23.7 Å². The molecular formula is C18H23ClN2OS. The summed E-state index contributed by atoms with van der Waals surface area (Å²) in [5.41, 5.74) is 8.56. The quantitative estimate of drug-likeness (QED) is 0.875. The third kappa shape index (κ3) is 3.94. The number of amides is 1. The van der Waals surface area contributed by atoms with Gasteiger partial charge in [-0.2, -0.15) is 0 Å². The molecule has 3 rings (SSSR count). The van der Waals surface area contributed by atoms with Gasteiger partial charge in [-0.05, 0) is 41.8 Å². The van der Waals surface area contributed by atoms with Gasteiger partial charge in [0.1, 0.15) is 0 Å².